The highest BCUT2D eigenvalue weighted by molar-refractivity contribution is 6.02. The molecule has 0 aliphatic carbocycles. The van der Waals surface area contributed by atoms with Crippen LogP contribution in [0, 0.1) is 6.92 Å². The second-order valence-corrected chi connectivity index (χ2v) is 5.80. The minimum Gasteiger partial charge on any atom is -0.467 e. The summed E-state index contributed by atoms with van der Waals surface area (Å²) in [5.41, 5.74) is 2.14. The van der Waals surface area contributed by atoms with Gasteiger partial charge in [0.05, 0.1) is 12.8 Å². The number of rotatable bonds is 4. The van der Waals surface area contributed by atoms with E-state index < -0.39 is 0 Å². The van der Waals surface area contributed by atoms with E-state index in [-0.39, 0.29) is 11.9 Å². The molecule has 0 spiro atoms. The fourth-order valence-electron chi connectivity index (χ4n) is 2.77. The van der Waals surface area contributed by atoms with Gasteiger partial charge in [-0.25, -0.2) is 4.98 Å². The summed E-state index contributed by atoms with van der Waals surface area (Å²) in [6, 6.07) is 3.76. The molecule has 3 rings (SSSR count). The lowest BCUT2D eigenvalue weighted by atomic mass is 9.96. The van der Waals surface area contributed by atoms with Gasteiger partial charge in [-0.1, -0.05) is 0 Å². The Morgan fingerprint density at radius 3 is 2.79 bits per heavy atom. The average Bonchev–Trinajstić information content (AvgIpc) is 2.97. The Morgan fingerprint density at radius 2 is 2.08 bits per heavy atom. The maximum Gasteiger partial charge on any atom is 0.318 e. The lowest BCUT2D eigenvalue weighted by Gasteiger charge is -2.19. The first kappa shape index (κ1) is 16.4. The first-order chi connectivity index (χ1) is 11.6. The molecule has 1 aliphatic heterocycles. The molecule has 2 aromatic rings. The zero-order chi connectivity index (χ0) is 17.1. The summed E-state index contributed by atoms with van der Waals surface area (Å²) in [6.45, 7) is 3.29. The number of carbonyl (C=O) groups is 1. The molecule has 128 valence electrons. The normalized spacial score (nSPS) is 15.3. The molecule has 1 amide bonds. The summed E-state index contributed by atoms with van der Waals surface area (Å²) in [5.74, 6) is 0.481. The van der Waals surface area contributed by atoms with E-state index in [4.69, 9.17) is 9.47 Å². The molecule has 0 bridgehead atoms. The fraction of sp³-hybridized carbons (Fsp3) is 0.500. The molecule has 1 fully saturated rings. The fourth-order valence-corrected chi connectivity index (χ4v) is 2.77. The smallest absolute Gasteiger partial charge is 0.318 e. The Balaban J connectivity index is 1.77. The van der Waals surface area contributed by atoms with Gasteiger partial charge in [0.25, 0.3) is 5.91 Å². The van der Waals surface area contributed by atoms with Gasteiger partial charge in [0.1, 0.15) is 11.5 Å². The quantitative estimate of drug-likeness (QED) is 0.916. The summed E-state index contributed by atoms with van der Waals surface area (Å²) in [6.07, 6.45) is 1.86. The summed E-state index contributed by atoms with van der Waals surface area (Å²) in [4.78, 5) is 20.8. The summed E-state index contributed by atoms with van der Waals surface area (Å²) >= 11 is 0. The number of nitrogens with zero attached hydrogens (tertiary/aromatic N) is 4. The number of hydrogen-bond acceptors (Lipinski definition) is 6. The van der Waals surface area contributed by atoms with Crippen molar-refractivity contribution >= 4 is 11.7 Å². The van der Waals surface area contributed by atoms with Crippen molar-refractivity contribution in [2.45, 2.75) is 25.7 Å². The predicted molar refractivity (Wildman–Crippen MR) is 87.3 cm³/mol. The van der Waals surface area contributed by atoms with Crippen LogP contribution in [0.15, 0.2) is 12.1 Å². The highest BCUT2D eigenvalue weighted by Gasteiger charge is 2.22. The molecule has 1 saturated heterocycles. The zero-order valence-corrected chi connectivity index (χ0v) is 14.1. The van der Waals surface area contributed by atoms with E-state index in [1.165, 1.54) is 7.11 Å². The van der Waals surface area contributed by atoms with E-state index in [1.54, 1.807) is 17.8 Å². The summed E-state index contributed by atoms with van der Waals surface area (Å²) < 4.78 is 12.0. The van der Waals surface area contributed by atoms with E-state index in [0.29, 0.717) is 23.1 Å². The van der Waals surface area contributed by atoms with E-state index in [9.17, 15) is 4.79 Å². The first-order valence-electron chi connectivity index (χ1n) is 7.89. The number of anilines is 1. The van der Waals surface area contributed by atoms with E-state index in [1.807, 2.05) is 13.0 Å². The van der Waals surface area contributed by atoms with Crippen molar-refractivity contribution in [2.75, 3.05) is 25.6 Å². The molecule has 0 aromatic carbocycles. The van der Waals surface area contributed by atoms with Gasteiger partial charge in [-0.2, -0.15) is 10.1 Å². The second kappa shape index (κ2) is 6.96. The van der Waals surface area contributed by atoms with Crippen LogP contribution < -0.4 is 10.1 Å². The Hall–Kier alpha value is -2.48. The maximum absolute atomic E-state index is 12.5. The van der Waals surface area contributed by atoms with Gasteiger partial charge in [0.15, 0.2) is 0 Å². The Labute approximate surface area is 140 Å². The van der Waals surface area contributed by atoms with Crippen LogP contribution in [0.1, 0.15) is 40.6 Å². The minimum absolute atomic E-state index is 0.221. The molecule has 8 nitrogen and oxygen atoms in total. The Bertz CT molecular complexity index is 737. The second-order valence-electron chi connectivity index (χ2n) is 5.80. The van der Waals surface area contributed by atoms with Crippen molar-refractivity contribution < 1.29 is 14.3 Å². The number of aryl methyl sites for hydroxylation is 2. The van der Waals surface area contributed by atoms with Gasteiger partial charge in [0, 0.05) is 37.9 Å². The molecule has 0 radical (unpaired) electrons. The number of hydrogen-bond donors (Lipinski definition) is 1. The van der Waals surface area contributed by atoms with Gasteiger partial charge in [0.2, 0.25) is 0 Å². The van der Waals surface area contributed by atoms with E-state index in [0.717, 1.165) is 31.7 Å². The predicted octanol–water partition coefficient (Wildman–Crippen LogP) is 1.67. The molecule has 8 heteroatoms. The van der Waals surface area contributed by atoms with Crippen LogP contribution in [-0.4, -0.2) is 46.0 Å². The average molecular weight is 331 g/mol. The topological polar surface area (TPSA) is 91.2 Å². The van der Waals surface area contributed by atoms with Crippen molar-refractivity contribution in [3.8, 4) is 6.01 Å². The number of aromatic nitrogens is 4. The molecule has 0 unspecified atom stereocenters. The maximum atomic E-state index is 12.5. The number of carbonyl (C=O) groups excluding carboxylic acids is 1. The van der Waals surface area contributed by atoms with Crippen LogP contribution in [0.3, 0.4) is 0 Å². The Kier molecular flexibility index (Phi) is 4.75. The van der Waals surface area contributed by atoms with Crippen LogP contribution in [0.2, 0.25) is 0 Å². The van der Waals surface area contributed by atoms with Gasteiger partial charge >= 0.3 is 6.01 Å². The van der Waals surface area contributed by atoms with E-state index in [2.05, 4.69) is 20.4 Å². The molecule has 1 aliphatic rings. The molecule has 3 heterocycles. The Morgan fingerprint density at radius 1 is 1.33 bits per heavy atom. The first-order valence-corrected chi connectivity index (χ1v) is 7.89. The van der Waals surface area contributed by atoms with Crippen LogP contribution in [0.4, 0.5) is 5.82 Å². The monoisotopic (exact) mass is 331 g/mol. The van der Waals surface area contributed by atoms with Gasteiger partial charge in [-0.05, 0) is 25.8 Å². The van der Waals surface area contributed by atoms with Crippen LogP contribution in [0.5, 0.6) is 6.01 Å². The van der Waals surface area contributed by atoms with Gasteiger partial charge in [-0.3, -0.25) is 9.48 Å². The largest absolute Gasteiger partial charge is 0.467 e. The third kappa shape index (κ3) is 3.53. The van der Waals surface area contributed by atoms with Crippen LogP contribution >= 0.6 is 0 Å². The number of methoxy groups -OCH3 is 1. The SMILES string of the molecule is COc1nc(C)cc(NC(=O)c2cc(C3CCOCC3)nn2C)n1. The van der Waals surface area contributed by atoms with Crippen LogP contribution in [0.25, 0.3) is 0 Å². The van der Waals surface area contributed by atoms with Crippen molar-refractivity contribution in [1.82, 2.24) is 19.7 Å². The molecule has 0 atom stereocenters. The van der Waals surface area contributed by atoms with Crippen molar-refractivity contribution in [1.29, 1.82) is 0 Å². The lowest BCUT2D eigenvalue weighted by Crippen LogP contribution is -2.17. The van der Waals surface area contributed by atoms with Gasteiger partial charge in [-0.15, -0.1) is 0 Å². The van der Waals surface area contributed by atoms with Crippen molar-refractivity contribution in [2.24, 2.45) is 7.05 Å². The highest BCUT2D eigenvalue weighted by atomic mass is 16.5. The third-order valence-electron chi connectivity index (χ3n) is 4.03. The third-order valence-corrected chi connectivity index (χ3v) is 4.03. The molecule has 0 saturated carbocycles. The lowest BCUT2D eigenvalue weighted by molar-refractivity contribution is 0.0844. The van der Waals surface area contributed by atoms with E-state index >= 15 is 0 Å². The number of ether oxygens (including phenoxy) is 2. The van der Waals surface area contributed by atoms with Gasteiger partial charge < -0.3 is 14.8 Å². The summed E-state index contributed by atoms with van der Waals surface area (Å²) in [7, 11) is 3.26. The molecule has 2 aromatic heterocycles. The standard InChI is InChI=1S/C16H21N5O3/c1-10-8-14(19-16(17-10)23-3)18-15(22)13-9-12(20-21(13)2)11-4-6-24-7-5-11/h8-9,11H,4-7H2,1-3H3,(H,17,18,19,22). The van der Waals surface area contributed by atoms with Crippen LogP contribution in [-0.2, 0) is 11.8 Å². The highest BCUT2D eigenvalue weighted by Crippen LogP contribution is 2.26. The van der Waals surface area contributed by atoms with Crippen molar-refractivity contribution in [3.63, 3.8) is 0 Å². The molecule has 24 heavy (non-hydrogen) atoms. The zero-order valence-electron chi connectivity index (χ0n) is 14.1. The molecular weight excluding hydrogens is 310 g/mol. The number of amides is 1. The molecule has 1 N–H and O–H groups in total. The number of nitrogens with one attached hydrogen (secondary N) is 1. The summed E-state index contributed by atoms with van der Waals surface area (Å²) in [5, 5.41) is 7.27. The minimum atomic E-state index is -0.261. The van der Waals surface area contributed by atoms with Crippen molar-refractivity contribution in [3.05, 3.63) is 29.2 Å². The molecular formula is C16H21N5O3.